The van der Waals surface area contributed by atoms with Crippen LogP contribution in [0.3, 0.4) is 0 Å². The van der Waals surface area contributed by atoms with Crippen molar-refractivity contribution < 1.29 is 19.7 Å². The van der Waals surface area contributed by atoms with Crippen LogP contribution >= 0.6 is 0 Å². The molecule has 1 rings (SSSR count). The van der Waals surface area contributed by atoms with Crippen LogP contribution in [0.1, 0.15) is 13.8 Å². The number of nitrogens with zero attached hydrogens (tertiary/aromatic N) is 2. The highest BCUT2D eigenvalue weighted by Gasteiger charge is 2.20. The van der Waals surface area contributed by atoms with Gasteiger partial charge in [-0.1, -0.05) is 13.8 Å². The molecule has 0 saturated heterocycles. The molecule has 0 amide bonds. The van der Waals surface area contributed by atoms with Gasteiger partial charge in [0.2, 0.25) is 0 Å². The van der Waals surface area contributed by atoms with Crippen molar-refractivity contribution in [2.24, 2.45) is 0 Å². The molecule has 0 aliphatic rings. The summed E-state index contributed by atoms with van der Waals surface area (Å²) in [6.45, 7) is 3.26. The summed E-state index contributed by atoms with van der Waals surface area (Å²) in [5.41, 5.74) is -0.967. The van der Waals surface area contributed by atoms with Crippen LogP contribution in [0.15, 0.2) is 18.2 Å². The minimum Gasteiger partial charge on any atom is -0.461 e. The minimum atomic E-state index is -0.821. The van der Waals surface area contributed by atoms with Gasteiger partial charge in [0.1, 0.15) is 0 Å². The normalized spacial score (nSPS) is 8.88. The molecule has 1 aromatic carbocycles. The molecule has 0 aliphatic heterocycles. The molecule has 1 aromatic rings. The van der Waals surface area contributed by atoms with E-state index in [4.69, 9.17) is 5.11 Å². The van der Waals surface area contributed by atoms with E-state index in [9.17, 15) is 20.2 Å². The number of aliphatic hydroxyl groups is 1. The summed E-state index contributed by atoms with van der Waals surface area (Å²) in [7, 11) is 0. The van der Waals surface area contributed by atoms with Crippen molar-refractivity contribution in [1.29, 1.82) is 0 Å². The Bertz CT molecular complexity index is 406. The number of aliphatic hydroxyl groups excluding tert-OH is 1. The predicted molar refractivity (Wildman–Crippen MR) is 58.8 cm³/mol. The first-order valence-corrected chi connectivity index (χ1v) is 4.72. The third kappa shape index (κ3) is 4.03. The van der Waals surface area contributed by atoms with E-state index >= 15 is 0 Å². The Labute approximate surface area is 96.7 Å². The van der Waals surface area contributed by atoms with Crippen molar-refractivity contribution in [1.82, 2.24) is 0 Å². The van der Waals surface area contributed by atoms with Crippen LogP contribution in [0, 0.1) is 20.2 Å². The first-order valence-electron chi connectivity index (χ1n) is 4.72. The van der Waals surface area contributed by atoms with Gasteiger partial charge >= 0.3 is 5.69 Å². The van der Waals surface area contributed by atoms with Crippen LogP contribution in [0.25, 0.3) is 0 Å². The molecular formula is C9H12N2O6. The van der Waals surface area contributed by atoms with E-state index in [0.29, 0.717) is 0 Å². The van der Waals surface area contributed by atoms with Crippen LogP contribution in [0.4, 0.5) is 11.4 Å². The van der Waals surface area contributed by atoms with Gasteiger partial charge in [-0.25, -0.2) is 0 Å². The fraction of sp³-hybridized carbons (Fsp3) is 0.333. The summed E-state index contributed by atoms with van der Waals surface area (Å²) < 4.78 is 4.52. The van der Waals surface area contributed by atoms with E-state index in [1.54, 1.807) is 0 Å². The third-order valence-electron chi connectivity index (χ3n) is 1.57. The third-order valence-corrected chi connectivity index (χ3v) is 1.57. The SMILES string of the molecule is CC.O=[N+]([O-])c1ccc(OCO)c([N+](=O)[O-])c1. The molecule has 8 nitrogen and oxygen atoms in total. The van der Waals surface area contributed by atoms with Crippen LogP contribution in [0.5, 0.6) is 5.75 Å². The molecule has 0 atom stereocenters. The Kier molecular flexibility index (Phi) is 6.19. The average Bonchev–Trinajstić information content (AvgIpc) is 2.32. The van der Waals surface area contributed by atoms with Crippen molar-refractivity contribution >= 4 is 11.4 Å². The van der Waals surface area contributed by atoms with Gasteiger partial charge in [0, 0.05) is 6.07 Å². The molecule has 0 saturated carbocycles. The van der Waals surface area contributed by atoms with Crippen LogP contribution < -0.4 is 4.74 Å². The predicted octanol–water partition coefficient (Wildman–Crippen LogP) is 1.86. The molecule has 8 heteroatoms. The van der Waals surface area contributed by atoms with E-state index in [-0.39, 0.29) is 5.75 Å². The molecule has 0 unspecified atom stereocenters. The van der Waals surface area contributed by atoms with Gasteiger partial charge in [-0.2, -0.15) is 0 Å². The van der Waals surface area contributed by atoms with Gasteiger partial charge in [0.25, 0.3) is 5.69 Å². The first-order chi connectivity index (χ1) is 8.06. The van der Waals surface area contributed by atoms with Gasteiger partial charge in [0.05, 0.1) is 15.9 Å². The number of ether oxygens (including phenoxy) is 1. The second-order valence-electron chi connectivity index (χ2n) is 2.44. The molecule has 0 radical (unpaired) electrons. The fourth-order valence-corrected chi connectivity index (χ4v) is 0.954. The lowest BCUT2D eigenvalue weighted by molar-refractivity contribution is -0.394. The summed E-state index contributed by atoms with van der Waals surface area (Å²) >= 11 is 0. The Morgan fingerprint density at radius 3 is 2.24 bits per heavy atom. The number of nitro groups is 2. The largest absolute Gasteiger partial charge is 0.461 e. The van der Waals surface area contributed by atoms with Crippen molar-refractivity contribution in [2.45, 2.75) is 13.8 Å². The smallest absolute Gasteiger partial charge is 0.317 e. The van der Waals surface area contributed by atoms with Crippen molar-refractivity contribution in [3.63, 3.8) is 0 Å². The number of nitro benzene ring substituents is 2. The molecule has 0 bridgehead atoms. The zero-order chi connectivity index (χ0) is 13.4. The average molecular weight is 244 g/mol. The van der Waals surface area contributed by atoms with Crippen molar-refractivity contribution in [3.05, 3.63) is 38.4 Å². The van der Waals surface area contributed by atoms with Crippen LogP contribution in [-0.4, -0.2) is 21.7 Å². The molecule has 0 aromatic heterocycles. The summed E-state index contributed by atoms with van der Waals surface area (Å²) in [6, 6.07) is 2.88. The molecule has 94 valence electrons. The van der Waals surface area contributed by atoms with Gasteiger partial charge in [0.15, 0.2) is 12.5 Å². The maximum atomic E-state index is 10.5. The molecule has 17 heavy (non-hydrogen) atoms. The zero-order valence-corrected chi connectivity index (χ0v) is 9.32. The zero-order valence-electron chi connectivity index (χ0n) is 9.32. The van der Waals surface area contributed by atoms with Gasteiger partial charge in [-0.15, -0.1) is 0 Å². The molecule has 0 aliphatic carbocycles. The Morgan fingerprint density at radius 1 is 1.24 bits per heavy atom. The van der Waals surface area contributed by atoms with Crippen molar-refractivity contribution in [3.8, 4) is 5.75 Å². The first kappa shape index (κ1) is 14.8. The summed E-state index contributed by atoms with van der Waals surface area (Å²) in [5.74, 6) is -0.215. The van der Waals surface area contributed by atoms with Crippen molar-refractivity contribution in [2.75, 3.05) is 6.79 Å². The molecular weight excluding hydrogens is 232 g/mol. The quantitative estimate of drug-likeness (QED) is 0.490. The van der Waals surface area contributed by atoms with E-state index in [2.05, 4.69) is 4.74 Å². The molecule has 0 heterocycles. The number of rotatable bonds is 4. The fourth-order valence-electron chi connectivity index (χ4n) is 0.954. The number of non-ortho nitro benzene ring substituents is 1. The van der Waals surface area contributed by atoms with Gasteiger partial charge in [-0.05, 0) is 6.07 Å². The summed E-state index contributed by atoms with van der Waals surface area (Å²) in [5, 5.41) is 29.3. The highest BCUT2D eigenvalue weighted by atomic mass is 16.6. The summed E-state index contributed by atoms with van der Waals surface area (Å²) in [4.78, 5) is 19.3. The van der Waals surface area contributed by atoms with Gasteiger partial charge < -0.3 is 9.84 Å². The monoisotopic (exact) mass is 244 g/mol. The topological polar surface area (TPSA) is 116 Å². The lowest BCUT2D eigenvalue weighted by Crippen LogP contribution is -2.00. The Hall–Kier alpha value is -2.22. The van der Waals surface area contributed by atoms with E-state index in [1.807, 2.05) is 13.8 Å². The lowest BCUT2D eigenvalue weighted by Gasteiger charge is -2.02. The van der Waals surface area contributed by atoms with E-state index < -0.39 is 28.0 Å². The van der Waals surface area contributed by atoms with E-state index in [1.165, 1.54) is 0 Å². The van der Waals surface area contributed by atoms with Crippen LogP contribution in [0.2, 0.25) is 0 Å². The highest BCUT2D eigenvalue weighted by molar-refractivity contribution is 5.53. The maximum Gasteiger partial charge on any atom is 0.317 e. The molecule has 0 fully saturated rings. The number of hydrogen-bond acceptors (Lipinski definition) is 6. The Balaban J connectivity index is 0.00000121. The molecule has 0 spiro atoms. The summed E-state index contributed by atoms with van der Waals surface area (Å²) in [6.07, 6.45) is 0. The minimum absolute atomic E-state index is 0.215. The second kappa shape index (κ2) is 7.12. The lowest BCUT2D eigenvalue weighted by atomic mass is 10.2. The number of benzene rings is 1. The molecule has 1 N–H and O–H groups in total. The second-order valence-corrected chi connectivity index (χ2v) is 2.44. The van der Waals surface area contributed by atoms with E-state index in [0.717, 1.165) is 18.2 Å². The Morgan fingerprint density at radius 2 is 1.82 bits per heavy atom. The standard InChI is InChI=1S/C7H6N2O6.C2H6/c10-4-15-7-2-1-5(8(11)12)3-6(7)9(13)14;1-2/h1-3,10H,4H2;1-2H3. The maximum absolute atomic E-state index is 10.5. The van der Waals surface area contributed by atoms with Crippen LogP contribution in [-0.2, 0) is 0 Å². The number of hydrogen-bond donors (Lipinski definition) is 1. The highest BCUT2D eigenvalue weighted by Crippen LogP contribution is 2.30. The van der Waals surface area contributed by atoms with Gasteiger partial charge in [-0.3, -0.25) is 20.2 Å².